The van der Waals surface area contributed by atoms with Gasteiger partial charge in [0.15, 0.2) is 11.5 Å². The molecule has 21 heavy (non-hydrogen) atoms. The molecule has 2 fully saturated rings. The maximum absolute atomic E-state index is 12.4. The zero-order chi connectivity index (χ0) is 14.7. The van der Waals surface area contributed by atoms with Crippen LogP contribution in [0.3, 0.4) is 0 Å². The van der Waals surface area contributed by atoms with E-state index in [4.69, 9.17) is 5.84 Å². The molecule has 3 N–H and O–H groups in total. The smallest absolute Gasteiger partial charge is 0.274 e. The van der Waals surface area contributed by atoms with Crippen molar-refractivity contribution in [3.63, 3.8) is 0 Å². The van der Waals surface area contributed by atoms with Crippen molar-refractivity contribution in [2.45, 2.75) is 44.9 Å². The molecular weight excluding hydrogens is 266 g/mol. The minimum Gasteiger partial charge on any atom is -0.337 e. The summed E-state index contributed by atoms with van der Waals surface area (Å²) in [5.74, 6) is 5.70. The number of amides is 1. The van der Waals surface area contributed by atoms with Gasteiger partial charge in [0.25, 0.3) is 5.91 Å². The van der Waals surface area contributed by atoms with Gasteiger partial charge in [-0.05, 0) is 43.2 Å². The molecule has 0 bridgehead atoms. The largest absolute Gasteiger partial charge is 0.337 e. The maximum atomic E-state index is 12.4. The van der Waals surface area contributed by atoms with Crippen molar-refractivity contribution in [3.05, 3.63) is 17.8 Å². The summed E-state index contributed by atoms with van der Waals surface area (Å²) in [4.78, 5) is 14.4. The highest BCUT2D eigenvalue weighted by molar-refractivity contribution is 5.92. The normalized spacial score (nSPS) is 21.3. The minimum atomic E-state index is -0.0169. The Kier molecular flexibility index (Phi) is 4.05. The van der Waals surface area contributed by atoms with Gasteiger partial charge in [0, 0.05) is 13.1 Å². The summed E-state index contributed by atoms with van der Waals surface area (Å²) in [5, 5.41) is 7.81. The molecular formula is C15H23N5O. The molecule has 1 spiro atoms. The third kappa shape index (κ3) is 3.00. The summed E-state index contributed by atoms with van der Waals surface area (Å²) in [6, 6.07) is 3.35. The SMILES string of the molecule is NNc1ccc(C(=O)N2CCC3(CCCCC3)CC2)nn1. The molecule has 0 unspecified atom stereocenters. The van der Waals surface area contributed by atoms with Gasteiger partial charge >= 0.3 is 0 Å². The first-order chi connectivity index (χ1) is 10.2. The number of likely N-dealkylation sites (tertiary alicyclic amines) is 1. The molecule has 1 saturated heterocycles. The number of hydrogen-bond acceptors (Lipinski definition) is 5. The van der Waals surface area contributed by atoms with Crippen LogP contribution in [0.5, 0.6) is 0 Å². The number of hydrogen-bond donors (Lipinski definition) is 2. The lowest BCUT2D eigenvalue weighted by Crippen LogP contribution is -2.44. The van der Waals surface area contributed by atoms with Gasteiger partial charge < -0.3 is 10.3 Å². The quantitative estimate of drug-likeness (QED) is 0.642. The number of carbonyl (C=O) groups is 1. The Morgan fingerprint density at radius 3 is 2.38 bits per heavy atom. The Labute approximate surface area is 125 Å². The van der Waals surface area contributed by atoms with Crippen LogP contribution in [-0.2, 0) is 0 Å². The van der Waals surface area contributed by atoms with Crippen LogP contribution in [0, 0.1) is 5.41 Å². The number of piperidine rings is 1. The van der Waals surface area contributed by atoms with Crippen LogP contribution in [-0.4, -0.2) is 34.1 Å². The molecule has 1 saturated carbocycles. The Balaban J connectivity index is 1.61. The lowest BCUT2D eigenvalue weighted by Gasteiger charge is -2.44. The van der Waals surface area contributed by atoms with Crippen molar-refractivity contribution in [3.8, 4) is 0 Å². The van der Waals surface area contributed by atoms with Crippen molar-refractivity contribution >= 4 is 11.7 Å². The van der Waals surface area contributed by atoms with E-state index in [-0.39, 0.29) is 5.91 Å². The second-order valence-electron chi connectivity index (χ2n) is 6.30. The van der Waals surface area contributed by atoms with E-state index < -0.39 is 0 Å². The van der Waals surface area contributed by atoms with E-state index in [1.807, 2.05) is 4.90 Å². The van der Waals surface area contributed by atoms with E-state index in [0.29, 0.717) is 16.9 Å². The van der Waals surface area contributed by atoms with E-state index >= 15 is 0 Å². The molecule has 1 aliphatic carbocycles. The third-order valence-electron chi connectivity index (χ3n) is 5.06. The summed E-state index contributed by atoms with van der Waals surface area (Å²) in [6.45, 7) is 1.69. The Morgan fingerprint density at radius 1 is 1.10 bits per heavy atom. The summed E-state index contributed by atoms with van der Waals surface area (Å²) < 4.78 is 0. The van der Waals surface area contributed by atoms with Crippen LogP contribution in [0.4, 0.5) is 5.82 Å². The van der Waals surface area contributed by atoms with Gasteiger partial charge in [-0.3, -0.25) is 4.79 Å². The van der Waals surface area contributed by atoms with Gasteiger partial charge in [-0.25, -0.2) is 5.84 Å². The summed E-state index contributed by atoms with van der Waals surface area (Å²) in [7, 11) is 0. The Hall–Kier alpha value is -1.69. The fourth-order valence-electron chi connectivity index (χ4n) is 3.67. The highest BCUT2D eigenvalue weighted by Crippen LogP contribution is 2.44. The average Bonchev–Trinajstić information content (AvgIpc) is 2.56. The fraction of sp³-hybridized carbons (Fsp3) is 0.667. The number of nitrogen functional groups attached to an aromatic ring is 1. The van der Waals surface area contributed by atoms with Crippen LogP contribution in [0.25, 0.3) is 0 Å². The Morgan fingerprint density at radius 2 is 1.81 bits per heavy atom. The molecule has 3 rings (SSSR count). The lowest BCUT2D eigenvalue weighted by molar-refractivity contribution is 0.0466. The number of anilines is 1. The van der Waals surface area contributed by atoms with Crippen LogP contribution in [0.2, 0.25) is 0 Å². The molecule has 114 valence electrons. The number of carbonyl (C=O) groups excluding carboxylic acids is 1. The monoisotopic (exact) mass is 289 g/mol. The molecule has 6 nitrogen and oxygen atoms in total. The summed E-state index contributed by atoms with van der Waals surface area (Å²) in [6.07, 6.45) is 9.03. The second kappa shape index (κ2) is 5.97. The van der Waals surface area contributed by atoms with Crippen LogP contribution >= 0.6 is 0 Å². The van der Waals surface area contributed by atoms with Gasteiger partial charge in [0.05, 0.1) is 0 Å². The molecule has 0 radical (unpaired) electrons. The zero-order valence-corrected chi connectivity index (χ0v) is 12.3. The fourth-order valence-corrected chi connectivity index (χ4v) is 3.67. The van der Waals surface area contributed by atoms with Gasteiger partial charge in [0.1, 0.15) is 0 Å². The molecule has 0 atom stereocenters. The highest BCUT2D eigenvalue weighted by Gasteiger charge is 2.36. The first-order valence-electron chi connectivity index (χ1n) is 7.82. The average molecular weight is 289 g/mol. The number of hydrazine groups is 1. The number of nitrogens with two attached hydrogens (primary N) is 1. The standard InChI is InChI=1S/C15H23N5O/c16-17-13-5-4-12(18-19-13)14(21)20-10-8-15(9-11-20)6-2-1-3-7-15/h4-5H,1-3,6-11,16H2,(H,17,19). The van der Waals surface area contributed by atoms with E-state index in [1.54, 1.807) is 12.1 Å². The predicted molar refractivity (Wildman–Crippen MR) is 80.5 cm³/mol. The van der Waals surface area contributed by atoms with Crippen molar-refractivity contribution in [1.82, 2.24) is 15.1 Å². The molecule has 1 aromatic rings. The van der Waals surface area contributed by atoms with Gasteiger partial charge in [0.2, 0.25) is 0 Å². The first-order valence-corrected chi connectivity index (χ1v) is 7.82. The van der Waals surface area contributed by atoms with E-state index in [0.717, 1.165) is 25.9 Å². The molecule has 1 aromatic heterocycles. The van der Waals surface area contributed by atoms with Crippen molar-refractivity contribution in [1.29, 1.82) is 0 Å². The van der Waals surface area contributed by atoms with Gasteiger partial charge in [-0.2, -0.15) is 0 Å². The number of aromatic nitrogens is 2. The van der Waals surface area contributed by atoms with Crippen molar-refractivity contribution in [2.75, 3.05) is 18.5 Å². The summed E-state index contributed by atoms with van der Waals surface area (Å²) in [5.41, 5.74) is 3.32. The van der Waals surface area contributed by atoms with Crippen LogP contribution in [0.1, 0.15) is 55.4 Å². The number of nitrogens with zero attached hydrogens (tertiary/aromatic N) is 3. The number of rotatable bonds is 2. The molecule has 1 aliphatic heterocycles. The first kappa shape index (κ1) is 14.3. The zero-order valence-electron chi connectivity index (χ0n) is 12.3. The van der Waals surface area contributed by atoms with Crippen molar-refractivity contribution in [2.24, 2.45) is 11.3 Å². The molecule has 0 aromatic carbocycles. The maximum Gasteiger partial charge on any atom is 0.274 e. The summed E-state index contributed by atoms with van der Waals surface area (Å²) >= 11 is 0. The van der Waals surface area contributed by atoms with Crippen LogP contribution < -0.4 is 11.3 Å². The topological polar surface area (TPSA) is 84.1 Å². The van der Waals surface area contributed by atoms with E-state index in [1.165, 1.54) is 32.1 Å². The van der Waals surface area contributed by atoms with Crippen molar-refractivity contribution < 1.29 is 4.79 Å². The van der Waals surface area contributed by atoms with Gasteiger partial charge in [-0.15, -0.1) is 10.2 Å². The lowest BCUT2D eigenvalue weighted by atomic mass is 9.68. The second-order valence-corrected chi connectivity index (χ2v) is 6.30. The number of nitrogens with one attached hydrogen (secondary N) is 1. The molecule has 6 heteroatoms. The molecule has 1 amide bonds. The van der Waals surface area contributed by atoms with Crippen LogP contribution in [0.15, 0.2) is 12.1 Å². The Bertz CT molecular complexity index is 485. The molecule has 2 heterocycles. The predicted octanol–water partition coefficient (Wildman–Crippen LogP) is 1.95. The van der Waals surface area contributed by atoms with E-state index in [2.05, 4.69) is 15.6 Å². The van der Waals surface area contributed by atoms with Gasteiger partial charge in [-0.1, -0.05) is 19.3 Å². The highest BCUT2D eigenvalue weighted by atomic mass is 16.2. The third-order valence-corrected chi connectivity index (χ3v) is 5.06. The van der Waals surface area contributed by atoms with E-state index in [9.17, 15) is 4.79 Å². The minimum absolute atomic E-state index is 0.0169. The molecule has 2 aliphatic rings.